The molecule has 1 saturated carbocycles. The predicted molar refractivity (Wildman–Crippen MR) is 101 cm³/mol. The molecule has 0 radical (unpaired) electrons. The third kappa shape index (κ3) is 5.15. The van der Waals surface area contributed by atoms with E-state index in [0.717, 1.165) is 17.7 Å². The molecule has 1 amide bonds. The number of hydrogen-bond acceptors (Lipinski definition) is 6. The summed E-state index contributed by atoms with van der Waals surface area (Å²) < 4.78 is 31.7. The van der Waals surface area contributed by atoms with E-state index in [9.17, 15) is 18.0 Å². The van der Waals surface area contributed by atoms with Crippen molar-refractivity contribution < 1.29 is 22.7 Å². The summed E-state index contributed by atoms with van der Waals surface area (Å²) in [6.45, 7) is 0. The van der Waals surface area contributed by atoms with Crippen LogP contribution >= 0.6 is 11.3 Å². The summed E-state index contributed by atoms with van der Waals surface area (Å²) >= 11 is 1.43. The summed E-state index contributed by atoms with van der Waals surface area (Å²) in [5.41, 5.74) is 0.312. The highest BCUT2D eigenvalue weighted by molar-refractivity contribution is 7.89. The molecule has 2 N–H and O–H groups in total. The highest BCUT2D eigenvalue weighted by Crippen LogP contribution is 2.24. The monoisotopic (exact) mass is 408 g/mol. The Kier molecular flexibility index (Phi) is 5.93. The first kappa shape index (κ1) is 19.5. The zero-order chi connectivity index (χ0) is 19.4. The van der Waals surface area contributed by atoms with E-state index < -0.39 is 27.9 Å². The first-order valence-corrected chi connectivity index (χ1v) is 10.8. The van der Waals surface area contributed by atoms with Crippen LogP contribution in [0.2, 0.25) is 0 Å². The van der Waals surface area contributed by atoms with Crippen molar-refractivity contribution in [3.63, 3.8) is 0 Å². The van der Waals surface area contributed by atoms with E-state index >= 15 is 0 Å². The van der Waals surface area contributed by atoms with Crippen molar-refractivity contribution in [2.24, 2.45) is 0 Å². The molecule has 1 heterocycles. The second kappa shape index (κ2) is 8.20. The number of carbonyl (C=O) groups excluding carboxylic acids is 2. The van der Waals surface area contributed by atoms with Gasteiger partial charge in [-0.05, 0) is 48.6 Å². The number of thiophene rings is 1. The summed E-state index contributed by atoms with van der Waals surface area (Å²) in [5, 5.41) is 4.67. The van der Waals surface area contributed by atoms with E-state index in [1.807, 2.05) is 17.5 Å². The molecule has 1 fully saturated rings. The number of esters is 1. The molecule has 1 aromatic heterocycles. The zero-order valence-corrected chi connectivity index (χ0v) is 16.3. The van der Waals surface area contributed by atoms with Gasteiger partial charge in [-0.2, -0.15) is 0 Å². The van der Waals surface area contributed by atoms with Crippen molar-refractivity contribution in [1.82, 2.24) is 10.0 Å². The van der Waals surface area contributed by atoms with Gasteiger partial charge in [-0.25, -0.2) is 13.1 Å². The van der Waals surface area contributed by atoms with E-state index in [1.54, 1.807) is 0 Å². The molecule has 1 aliphatic rings. The van der Waals surface area contributed by atoms with Crippen LogP contribution in [0.5, 0.6) is 0 Å². The van der Waals surface area contributed by atoms with Gasteiger partial charge in [0.05, 0.1) is 24.5 Å². The Labute approximate surface area is 161 Å². The highest BCUT2D eigenvalue weighted by atomic mass is 32.2. The minimum Gasteiger partial charge on any atom is -0.469 e. The number of hydrogen-bond donors (Lipinski definition) is 2. The molecular formula is C18H20N2O5S2. The molecule has 9 heteroatoms. The van der Waals surface area contributed by atoms with Crippen molar-refractivity contribution in [1.29, 1.82) is 0 Å². The van der Waals surface area contributed by atoms with Gasteiger partial charge in [0.15, 0.2) is 0 Å². The minimum atomic E-state index is -3.56. The molecule has 27 heavy (non-hydrogen) atoms. The van der Waals surface area contributed by atoms with E-state index in [0.29, 0.717) is 5.56 Å². The molecule has 7 nitrogen and oxygen atoms in total. The van der Waals surface area contributed by atoms with Gasteiger partial charge >= 0.3 is 5.97 Å². The third-order valence-corrected chi connectivity index (χ3v) is 6.64. The standard InChI is InChI=1S/C18H20N2O5S2/c1-25-17(21)11-15(16-3-2-10-26-16)19-18(22)12-4-8-14(9-5-12)27(23,24)20-13-6-7-13/h2-5,8-10,13,15,20H,6-7,11H2,1H3,(H,19,22)/t15-/m1/s1. The average molecular weight is 409 g/mol. The first-order chi connectivity index (χ1) is 12.9. The number of amides is 1. The molecule has 0 aliphatic heterocycles. The lowest BCUT2D eigenvalue weighted by atomic mass is 10.1. The van der Waals surface area contributed by atoms with Gasteiger partial charge in [0, 0.05) is 16.5 Å². The van der Waals surface area contributed by atoms with Crippen LogP contribution in [0.15, 0.2) is 46.7 Å². The molecule has 0 saturated heterocycles. The lowest BCUT2D eigenvalue weighted by molar-refractivity contribution is -0.141. The Morgan fingerprint density at radius 3 is 2.48 bits per heavy atom. The lowest BCUT2D eigenvalue weighted by Crippen LogP contribution is -2.30. The van der Waals surface area contributed by atoms with Crippen molar-refractivity contribution >= 4 is 33.2 Å². The number of rotatable bonds is 8. The molecule has 0 spiro atoms. The number of nitrogens with one attached hydrogen (secondary N) is 2. The zero-order valence-electron chi connectivity index (χ0n) is 14.7. The average Bonchev–Trinajstić information content (AvgIpc) is 3.28. The van der Waals surface area contributed by atoms with Gasteiger partial charge in [-0.3, -0.25) is 9.59 Å². The summed E-state index contributed by atoms with van der Waals surface area (Å²) in [5.74, 6) is -0.822. The highest BCUT2D eigenvalue weighted by Gasteiger charge is 2.28. The summed E-state index contributed by atoms with van der Waals surface area (Å²) in [6, 6.07) is 8.90. The van der Waals surface area contributed by atoms with Crippen LogP contribution in [0.25, 0.3) is 0 Å². The molecule has 1 atom stereocenters. The number of ether oxygens (including phenoxy) is 1. The maximum atomic E-state index is 12.5. The summed E-state index contributed by atoms with van der Waals surface area (Å²) in [4.78, 5) is 25.1. The van der Waals surface area contributed by atoms with Gasteiger partial charge < -0.3 is 10.1 Å². The smallest absolute Gasteiger partial charge is 0.307 e. The van der Waals surface area contributed by atoms with Gasteiger partial charge in [0.1, 0.15) is 0 Å². The van der Waals surface area contributed by atoms with Crippen molar-refractivity contribution in [2.45, 2.75) is 36.2 Å². The Balaban J connectivity index is 1.71. The van der Waals surface area contributed by atoms with Crippen LogP contribution < -0.4 is 10.0 Å². The van der Waals surface area contributed by atoms with Crippen LogP contribution in [-0.2, 0) is 19.6 Å². The van der Waals surface area contributed by atoms with Gasteiger partial charge in [0.2, 0.25) is 10.0 Å². The fourth-order valence-electron chi connectivity index (χ4n) is 2.48. The lowest BCUT2D eigenvalue weighted by Gasteiger charge is -2.16. The van der Waals surface area contributed by atoms with Crippen molar-refractivity contribution in [3.8, 4) is 0 Å². The van der Waals surface area contributed by atoms with Crippen LogP contribution in [-0.4, -0.2) is 33.4 Å². The number of carbonyl (C=O) groups is 2. The van der Waals surface area contributed by atoms with Gasteiger partial charge in [0.25, 0.3) is 5.91 Å². The minimum absolute atomic E-state index is 0.0144. The number of methoxy groups -OCH3 is 1. The Morgan fingerprint density at radius 2 is 1.93 bits per heavy atom. The van der Waals surface area contributed by atoms with Gasteiger partial charge in [-0.1, -0.05) is 6.07 Å². The molecule has 0 bridgehead atoms. The number of sulfonamides is 1. The predicted octanol–water partition coefficient (Wildman–Crippen LogP) is 2.22. The van der Waals surface area contributed by atoms with Crippen LogP contribution in [0.1, 0.15) is 40.5 Å². The van der Waals surface area contributed by atoms with Crippen molar-refractivity contribution in [2.75, 3.05) is 7.11 Å². The Morgan fingerprint density at radius 1 is 1.22 bits per heavy atom. The summed E-state index contributed by atoms with van der Waals surface area (Å²) in [6.07, 6.45) is 1.72. The Hall–Kier alpha value is -2.23. The quantitative estimate of drug-likeness (QED) is 0.652. The fourth-order valence-corrected chi connectivity index (χ4v) is 4.56. The molecule has 144 valence electrons. The first-order valence-electron chi connectivity index (χ1n) is 8.42. The largest absolute Gasteiger partial charge is 0.469 e. The number of benzene rings is 1. The maximum Gasteiger partial charge on any atom is 0.307 e. The van der Waals surface area contributed by atoms with E-state index in [1.165, 1.54) is 42.7 Å². The molecule has 0 unspecified atom stereocenters. The Bertz CT molecular complexity index is 904. The molecule has 1 aliphatic carbocycles. The van der Waals surface area contributed by atoms with Crippen LogP contribution in [0.3, 0.4) is 0 Å². The molecular weight excluding hydrogens is 388 g/mol. The van der Waals surface area contributed by atoms with E-state index in [-0.39, 0.29) is 17.4 Å². The second-order valence-corrected chi connectivity index (χ2v) is 8.93. The van der Waals surface area contributed by atoms with E-state index in [4.69, 9.17) is 4.74 Å². The van der Waals surface area contributed by atoms with Crippen LogP contribution in [0.4, 0.5) is 0 Å². The second-order valence-electron chi connectivity index (χ2n) is 6.24. The third-order valence-electron chi connectivity index (χ3n) is 4.12. The fraction of sp³-hybridized carbons (Fsp3) is 0.333. The van der Waals surface area contributed by atoms with Gasteiger partial charge in [-0.15, -0.1) is 11.3 Å². The molecule has 1 aromatic carbocycles. The maximum absolute atomic E-state index is 12.5. The molecule has 2 aromatic rings. The van der Waals surface area contributed by atoms with E-state index in [2.05, 4.69) is 10.0 Å². The summed E-state index contributed by atoms with van der Waals surface area (Å²) in [7, 11) is -2.26. The van der Waals surface area contributed by atoms with Crippen molar-refractivity contribution in [3.05, 3.63) is 52.2 Å². The SMILES string of the molecule is COC(=O)C[C@@H](NC(=O)c1ccc(S(=O)(=O)NC2CC2)cc1)c1cccs1. The topological polar surface area (TPSA) is 102 Å². The molecule has 3 rings (SSSR count). The van der Waals surface area contributed by atoms with Crippen LogP contribution in [0, 0.1) is 0 Å². The normalized spacial score (nSPS) is 15.1.